The molecule has 0 saturated heterocycles. The Hall–Kier alpha value is -2.88. The molecule has 1 aromatic heterocycles. The fourth-order valence-corrected chi connectivity index (χ4v) is 3.96. The van der Waals surface area contributed by atoms with E-state index >= 15 is 0 Å². The molecule has 0 N–H and O–H groups in total. The van der Waals surface area contributed by atoms with Crippen LogP contribution in [-0.2, 0) is 23.7 Å². The van der Waals surface area contributed by atoms with Crippen molar-refractivity contribution in [3.05, 3.63) is 70.9 Å². The molecule has 0 spiro atoms. The van der Waals surface area contributed by atoms with E-state index in [1.807, 2.05) is 36.4 Å². The van der Waals surface area contributed by atoms with Crippen molar-refractivity contribution in [2.45, 2.75) is 45.4 Å². The molecule has 4 nitrogen and oxygen atoms in total. The number of carbonyl (C=O) groups is 1. The van der Waals surface area contributed by atoms with E-state index in [0.717, 1.165) is 30.5 Å². The van der Waals surface area contributed by atoms with Crippen LogP contribution in [0.1, 0.15) is 60.8 Å². The molecule has 4 rings (SSSR count). The summed E-state index contributed by atoms with van der Waals surface area (Å²) in [6, 6.07) is 15.9. The lowest BCUT2D eigenvalue weighted by atomic mass is 9.87. The van der Waals surface area contributed by atoms with Crippen LogP contribution in [0.15, 0.2) is 53.7 Å². The maximum Gasteiger partial charge on any atom is 0.365 e. The van der Waals surface area contributed by atoms with Gasteiger partial charge in [-0.05, 0) is 48.4 Å². The van der Waals surface area contributed by atoms with E-state index in [0.29, 0.717) is 5.56 Å². The maximum absolute atomic E-state index is 12.5. The van der Waals surface area contributed by atoms with Gasteiger partial charge in [0, 0.05) is 29.2 Å². The summed E-state index contributed by atoms with van der Waals surface area (Å²) in [5, 5.41) is 5.46. The molecule has 0 aliphatic heterocycles. The molecule has 1 heterocycles. The van der Waals surface area contributed by atoms with E-state index in [-0.39, 0.29) is 5.41 Å². The smallest absolute Gasteiger partial charge is 0.347 e. The number of hydrogen-bond acceptors (Lipinski definition) is 3. The molecular formula is C24H26N2O2. The van der Waals surface area contributed by atoms with Crippen molar-refractivity contribution in [3.8, 4) is 0 Å². The Bertz CT molecular complexity index is 1070. The van der Waals surface area contributed by atoms with Gasteiger partial charge in [0.1, 0.15) is 0 Å². The number of nitrogens with zero attached hydrogens (tertiary/aromatic N) is 2. The first-order valence-electron chi connectivity index (χ1n) is 9.81. The Morgan fingerprint density at radius 2 is 1.75 bits per heavy atom. The largest absolute Gasteiger partial charge is 0.365 e. The van der Waals surface area contributed by atoms with Crippen LogP contribution in [0.2, 0.25) is 0 Å². The van der Waals surface area contributed by atoms with Crippen molar-refractivity contribution < 1.29 is 9.63 Å². The summed E-state index contributed by atoms with van der Waals surface area (Å²) in [4.78, 5) is 17.8. The minimum absolute atomic E-state index is 0.0511. The molecule has 0 saturated carbocycles. The van der Waals surface area contributed by atoms with Gasteiger partial charge in [-0.3, -0.25) is 0 Å². The van der Waals surface area contributed by atoms with Gasteiger partial charge in [0.2, 0.25) is 0 Å². The lowest BCUT2D eigenvalue weighted by molar-refractivity contribution is 0.0515. The maximum atomic E-state index is 12.5. The highest BCUT2D eigenvalue weighted by atomic mass is 16.7. The molecule has 0 bridgehead atoms. The van der Waals surface area contributed by atoms with Gasteiger partial charge >= 0.3 is 5.97 Å². The molecule has 1 aliphatic rings. The molecule has 0 radical (unpaired) electrons. The average molecular weight is 374 g/mol. The first-order chi connectivity index (χ1) is 13.4. The summed E-state index contributed by atoms with van der Waals surface area (Å²) >= 11 is 0. The van der Waals surface area contributed by atoms with Crippen molar-refractivity contribution >= 4 is 22.6 Å². The van der Waals surface area contributed by atoms with Crippen LogP contribution in [0.5, 0.6) is 0 Å². The second-order valence-electron chi connectivity index (χ2n) is 8.50. The number of fused-ring (bicyclic) bond motifs is 3. The number of aromatic nitrogens is 1. The fraction of sp³-hybridized carbons (Fsp3) is 0.333. The molecule has 144 valence electrons. The normalized spacial score (nSPS) is 15.6. The molecule has 3 aromatic rings. The van der Waals surface area contributed by atoms with Crippen molar-refractivity contribution in [1.82, 2.24) is 4.57 Å². The third-order valence-electron chi connectivity index (χ3n) is 5.57. The van der Waals surface area contributed by atoms with Crippen LogP contribution in [0.25, 0.3) is 10.9 Å². The minimum Gasteiger partial charge on any atom is -0.347 e. The van der Waals surface area contributed by atoms with E-state index < -0.39 is 5.97 Å². The van der Waals surface area contributed by atoms with Gasteiger partial charge < -0.3 is 9.40 Å². The molecule has 28 heavy (non-hydrogen) atoms. The number of oxime groups is 1. The quantitative estimate of drug-likeness (QED) is 0.447. The number of carbonyl (C=O) groups excluding carboxylic acids is 1. The van der Waals surface area contributed by atoms with Crippen molar-refractivity contribution in [2.24, 2.45) is 12.2 Å². The molecule has 1 aliphatic carbocycles. The number of benzene rings is 2. The van der Waals surface area contributed by atoms with Gasteiger partial charge in [-0.1, -0.05) is 56.3 Å². The second kappa shape index (κ2) is 6.93. The predicted molar refractivity (Wildman–Crippen MR) is 113 cm³/mol. The SMILES string of the molecule is Cn1c2c(c3ccccc31)C(=NOC(=O)c1ccc(C(C)(C)C)cc1)CCC2. The van der Waals surface area contributed by atoms with Crippen LogP contribution >= 0.6 is 0 Å². The van der Waals surface area contributed by atoms with Crippen LogP contribution in [-0.4, -0.2) is 16.2 Å². The predicted octanol–water partition coefficient (Wildman–Crippen LogP) is 5.37. The van der Waals surface area contributed by atoms with E-state index in [9.17, 15) is 4.79 Å². The molecule has 0 atom stereocenters. The minimum atomic E-state index is -0.416. The lowest BCUT2D eigenvalue weighted by Crippen LogP contribution is -2.15. The second-order valence-corrected chi connectivity index (χ2v) is 8.50. The Kier molecular flexibility index (Phi) is 4.58. The number of aryl methyl sites for hydroxylation is 1. The summed E-state index contributed by atoms with van der Waals surface area (Å²) in [7, 11) is 2.09. The Morgan fingerprint density at radius 3 is 2.46 bits per heavy atom. The molecule has 0 fully saturated rings. The van der Waals surface area contributed by atoms with E-state index in [1.54, 1.807) is 0 Å². The number of rotatable bonds is 2. The van der Waals surface area contributed by atoms with Gasteiger partial charge in [0.05, 0.1) is 11.3 Å². The zero-order chi connectivity index (χ0) is 19.9. The zero-order valence-corrected chi connectivity index (χ0v) is 17.0. The Labute approximate surface area is 165 Å². The van der Waals surface area contributed by atoms with Crippen LogP contribution in [0, 0.1) is 0 Å². The Balaban J connectivity index is 1.61. The van der Waals surface area contributed by atoms with Gasteiger partial charge in [0.15, 0.2) is 0 Å². The average Bonchev–Trinajstić information content (AvgIpc) is 2.99. The summed E-state index contributed by atoms with van der Waals surface area (Å²) in [6.45, 7) is 6.45. The third kappa shape index (κ3) is 3.24. The topological polar surface area (TPSA) is 43.6 Å². The van der Waals surface area contributed by atoms with E-state index in [4.69, 9.17) is 4.84 Å². The Morgan fingerprint density at radius 1 is 1.04 bits per heavy atom. The zero-order valence-electron chi connectivity index (χ0n) is 17.0. The molecular weight excluding hydrogens is 348 g/mol. The van der Waals surface area contributed by atoms with E-state index in [1.165, 1.54) is 22.2 Å². The van der Waals surface area contributed by atoms with Crippen LogP contribution in [0.4, 0.5) is 0 Å². The number of para-hydroxylation sites is 1. The van der Waals surface area contributed by atoms with Crippen LogP contribution in [0.3, 0.4) is 0 Å². The van der Waals surface area contributed by atoms with Crippen molar-refractivity contribution in [1.29, 1.82) is 0 Å². The standard InChI is InChI=1S/C24H26N2O2/c1-24(2,3)17-14-12-16(13-15-17)23(27)28-25-19-9-7-11-21-22(19)18-8-5-6-10-20(18)26(21)4/h5-6,8,10,12-15H,7,9,11H2,1-4H3. The third-order valence-corrected chi connectivity index (χ3v) is 5.57. The first kappa shape index (κ1) is 18.5. The van der Waals surface area contributed by atoms with Gasteiger partial charge in [-0.15, -0.1) is 0 Å². The highest BCUT2D eigenvalue weighted by Crippen LogP contribution is 2.32. The van der Waals surface area contributed by atoms with Gasteiger partial charge in [0.25, 0.3) is 0 Å². The van der Waals surface area contributed by atoms with Crippen LogP contribution < -0.4 is 0 Å². The fourth-order valence-electron chi connectivity index (χ4n) is 3.96. The van der Waals surface area contributed by atoms with Crippen molar-refractivity contribution in [2.75, 3.05) is 0 Å². The first-order valence-corrected chi connectivity index (χ1v) is 9.81. The van der Waals surface area contributed by atoms with Crippen molar-refractivity contribution in [3.63, 3.8) is 0 Å². The molecule has 2 aromatic carbocycles. The molecule has 4 heteroatoms. The lowest BCUT2D eigenvalue weighted by Gasteiger charge is -2.18. The molecule has 0 amide bonds. The monoisotopic (exact) mass is 374 g/mol. The van der Waals surface area contributed by atoms with Gasteiger partial charge in [-0.25, -0.2) is 4.79 Å². The van der Waals surface area contributed by atoms with Gasteiger partial charge in [-0.2, -0.15) is 0 Å². The highest BCUT2D eigenvalue weighted by molar-refractivity contribution is 6.13. The highest BCUT2D eigenvalue weighted by Gasteiger charge is 2.24. The number of hydrogen-bond donors (Lipinski definition) is 0. The molecule has 0 unspecified atom stereocenters. The summed E-state index contributed by atoms with van der Waals surface area (Å²) in [5.41, 5.74) is 6.19. The summed E-state index contributed by atoms with van der Waals surface area (Å²) < 4.78 is 2.23. The summed E-state index contributed by atoms with van der Waals surface area (Å²) in [6.07, 6.45) is 2.84. The van der Waals surface area contributed by atoms with E-state index in [2.05, 4.69) is 49.7 Å². The summed E-state index contributed by atoms with van der Waals surface area (Å²) in [5.74, 6) is -0.416.